The first-order valence-electron chi connectivity index (χ1n) is 9.95. The van der Waals surface area contributed by atoms with Crippen LogP contribution in [0.25, 0.3) is 11.1 Å². The molecule has 0 bridgehead atoms. The van der Waals surface area contributed by atoms with Crippen molar-refractivity contribution in [2.24, 2.45) is 0 Å². The summed E-state index contributed by atoms with van der Waals surface area (Å²) in [6.45, 7) is 2.48. The summed E-state index contributed by atoms with van der Waals surface area (Å²) in [5.41, 5.74) is 3.47. The van der Waals surface area contributed by atoms with Gasteiger partial charge in [-0.25, -0.2) is 0 Å². The van der Waals surface area contributed by atoms with Crippen molar-refractivity contribution in [3.05, 3.63) is 78.6 Å². The van der Waals surface area contributed by atoms with Crippen molar-refractivity contribution in [3.8, 4) is 22.6 Å². The second kappa shape index (κ2) is 9.38. The lowest BCUT2D eigenvalue weighted by Crippen LogP contribution is -2.46. The largest absolute Gasteiger partial charge is 0.494 e. The van der Waals surface area contributed by atoms with Crippen LogP contribution < -0.4 is 14.8 Å². The van der Waals surface area contributed by atoms with Gasteiger partial charge in [0.1, 0.15) is 18.1 Å². The highest BCUT2D eigenvalue weighted by atomic mass is 16.5. The maximum Gasteiger partial charge on any atom is 0.138 e. The van der Waals surface area contributed by atoms with Gasteiger partial charge in [-0.2, -0.15) is 0 Å². The molecule has 2 heterocycles. The van der Waals surface area contributed by atoms with Crippen LogP contribution in [0.3, 0.4) is 0 Å². The third-order valence-corrected chi connectivity index (χ3v) is 4.98. The molecule has 0 aliphatic carbocycles. The van der Waals surface area contributed by atoms with E-state index < -0.39 is 0 Å². The van der Waals surface area contributed by atoms with Gasteiger partial charge in [0.2, 0.25) is 0 Å². The van der Waals surface area contributed by atoms with Crippen molar-refractivity contribution in [2.75, 3.05) is 19.8 Å². The Morgan fingerprint density at radius 3 is 2.57 bits per heavy atom. The van der Waals surface area contributed by atoms with Gasteiger partial charge in [0.05, 0.1) is 12.8 Å². The molecule has 0 amide bonds. The monoisotopic (exact) mass is 374 g/mol. The van der Waals surface area contributed by atoms with E-state index in [0.29, 0.717) is 19.3 Å². The van der Waals surface area contributed by atoms with Crippen molar-refractivity contribution in [1.29, 1.82) is 0 Å². The Morgan fingerprint density at radius 1 is 0.893 bits per heavy atom. The van der Waals surface area contributed by atoms with Gasteiger partial charge in [0.25, 0.3) is 0 Å². The molecule has 1 aliphatic heterocycles. The highest BCUT2D eigenvalue weighted by molar-refractivity contribution is 5.65. The quantitative estimate of drug-likeness (QED) is 0.560. The fourth-order valence-electron chi connectivity index (χ4n) is 3.22. The summed E-state index contributed by atoms with van der Waals surface area (Å²) in [6, 6.07) is 21.2. The molecule has 4 rings (SSSR count). The van der Waals surface area contributed by atoms with Gasteiger partial charge >= 0.3 is 0 Å². The molecule has 0 spiro atoms. The van der Waals surface area contributed by atoms with Crippen molar-refractivity contribution in [2.45, 2.75) is 25.3 Å². The predicted octanol–water partition coefficient (Wildman–Crippen LogP) is 4.50. The van der Waals surface area contributed by atoms with E-state index in [1.165, 1.54) is 12.0 Å². The second-order valence-electron chi connectivity index (χ2n) is 7.13. The minimum atomic E-state index is 0.469. The van der Waals surface area contributed by atoms with Crippen LogP contribution >= 0.6 is 0 Å². The van der Waals surface area contributed by atoms with Crippen LogP contribution in [0.1, 0.15) is 18.4 Å². The number of aromatic nitrogens is 1. The molecule has 28 heavy (non-hydrogen) atoms. The van der Waals surface area contributed by atoms with Crippen LogP contribution in [-0.2, 0) is 6.42 Å². The smallest absolute Gasteiger partial charge is 0.138 e. The van der Waals surface area contributed by atoms with Crippen molar-refractivity contribution < 1.29 is 9.47 Å². The molecule has 1 fully saturated rings. The molecular weight excluding hydrogens is 348 g/mol. The van der Waals surface area contributed by atoms with E-state index in [9.17, 15) is 0 Å². The van der Waals surface area contributed by atoms with Gasteiger partial charge in [-0.3, -0.25) is 4.98 Å². The average Bonchev–Trinajstić information content (AvgIpc) is 2.71. The van der Waals surface area contributed by atoms with E-state index in [1.807, 2.05) is 30.5 Å². The number of hydrogen-bond acceptors (Lipinski definition) is 4. The SMILES string of the molecule is c1ccc(CCCOc2cccc(-c3cncc(OCC4CCN4)c3)c2)cc1. The van der Waals surface area contributed by atoms with Crippen molar-refractivity contribution in [1.82, 2.24) is 10.3 Å². The standard InChI is InChI=1S/C24H26N2O2/c1-2-6-19(7-3-1)8-5-13-27-23-10-4-9-20(14-23)21-15-24(17-25-16-21)28-18-22-11-12-26-22/h1-4,6-7,9-10,14-17,22,26H,5,8,11-13,18H2. The van der Waals surface area contributed by atoms with Crippen LogP contribution in [0.4, 0.5) is 0 Å². The zero-order valence-electron chi connectivity index (χ0n) is 16.0. The summed E-state index contributed by atoms with van der Waals surface area (Å²) in [7, 11) is 0. The molecule has 4 heteroatoms. The molecule has 1 N–H and O–H groups in total. The number of nitrogens with one attached hydrogen (secondary N) is 1. The first kappa shape index (κ1) is 18.5. The molecule has 1 unspecified atom stereocenters. The summed E-state index contributed by atoms with van der Waals surface area (Å²) < 4.78 is 11.8. The Hall–Kier alpha value is -2.85. The number of aryl methyl sites for hydroxylation is 1. The second-order valence-corrected chi connectivity index (χ2v) is 7.13. The highest BCUT2D eigenvalue weighted by Gasteiger charge is 2.16. The maximum atomic E-state index is 5.96. The molecule has 0 saturated carbocycles. The normalized spacial score (nSPS) is 15.6. The minimum Gasteiger partial charge on any atom is -0.494 e. The fraction of sp³-hybridized carbons (Fsp3) is 0.292. The first-order valence-corrected chi connectivity index (χ1v) is 9.95. The number of benzene rings is 2. The van der Waals surface area contributed by atoms with Crippen molar-refractivity contribution in [3.63, 3.8) is 0 Å². The molecular formula is C24H26N2O2. The van der Waals surface area contributed by atoms with E-state index in [1.54, 1.807) is 6.20 Å². The Labute approximate surface area is 166 Å². The highest BCUT2D eigenvalue weighted by Crippen LogP contribution is 2.26. The lowest BCUT2D eigenvalue weighted by atomic mass is 10.1. The van der Waals surface area contributed by atoms with Gasteiger partial charge in [0, 0.05) is 17.8 Å². The number of hydrogen-bond donors (Lipinski definition) is 1. The van der Waals surface area contributed by atoms with Crippen LogP contribution in [-0.4, -0.2) is 30.8 Å². The van der Waals surface area contributed by atoms with Gasteiger partial charge in [-0.05, 0) is 55.1 Å². The fourth-order valence-corrected chi connectivity index (χ4v) is 3.22. The van der Waals surface area contributed by atoms with Crippen LogP contribution in [0.15, 0.2) is 73.1 Å². The summed E-state index contributed by atoms with van der Waals surface area (Å²) in [4.78, 5) is 4.34. The minimum absolute atomic E-state index is 0.469. The zero-order valence-corrected chi connectivity index (χ0v) is 16.0. The molecule has 3 aromatic rings. The Balaban J connectivity index is 1.32. The zero-order chi connectivity index (χ0) is 19.0. The van der Waals surface area contributed by atoms with Gasteiger partial charge in [-0.15, -0.1) is 0 Å². The molecule has 4 nitrogen and oxygen atoms in total. The third-order valence-electron chi connectivity index (χ3n) is 4.98. The van der Waals surface area contributed by atoms with E-state index >= 15 is 0 Å². The van der Waals surface area contributed by atoms with E-state index in [0.717, 1.165) is 42.0 Å². The summed E-state index contributed by atoms with van der Waals surface area (Å²) in [5, 5.41) is 3.34. The van der Waals surface area contributed by atoms with E-state index in [-0.39, 0.29) is 0 Å². The lowest BCUT2D eigenvalue weighted by molar-refractivity contribution is 0.217. The molecule has 0 radical (unpaired) electrons. The van der Waals surface area contributed by atoms with Gasteiger partial charge < -0.3 is 14.8 Å². The molecule has 2 aromatic carbocycles. The van der Waals surface area contributed by atoms with Gasteiger partial charge in [0.15, 0.2) is 0 Å². The lowest BCUT2D eigenvalue weighted by Gasteiger charge is -2.27. The van der Waals surface area contributed by atoms with Gasteiger partial charge in [-0.1, -0.05) is 42.5 Å². The predicted molar refractivity (Wildman–Crippen MR) is 112 cm³/mol. The van der Waals surface area contributed by atoms with Crippen LogP contribution in [0.2, 0.25) is 0 Å². The molecule has 144 valence electrons. The summed E-state index contributed by atoms with van der Waals surface area (Å²) in [5.74, 6) is 1.69. The Morgan fingerprint density at radius 2 is 1.75 bits per heavy atom. The average molecular weight is 374 g/mol. The molecule has 1 aliphatic rings. The Bertz CT molecular complexity index is 879. The molecule has 1 aromatic heterocycles. The topological polar surface area (TPSA) is 43.4 Å². The molecule has 1 saturated heterocycles. The van der Waals surface area contributed by atoms with E-state index in [2.05, 4.69) is 46.7 Å². The number of nitrogens with zero attached hydrogens (tertiary/aromatic N) is 1. The number of ether oxygens (including phenoxy) is 2. The number of rotatable bonds is 9. The maximum absolute atomic E-state index is 5.96. The summed E-state index contributed by atoms with van der Waals surface area (Å²) in [6.07, 6.45) is 6.83. The summed E-state index contributed by atoms with van der Waals surface area (Å²) >= 11 is 0. The first-order chi connectivity index (χ1) is 13.9. The van der Waals surface area contributed by atoms with Crippen LogP contribution in [0, 0.1) is 0 Å². The Kier molecular flexibility index (Phi) is 6.20. The third kappa shape index (κ3) is 5.11. The van der Waals surface area contributed by atoms with Crippen molar-refractivity contribution >= 4 is 0 Å². The molecule has 1 atom stereocenters. The number of pyridine rings is 1. The van der Waals surface area contributed by atoms with Crippen LogP contribution in [0.5, 0.6) is 11.5 Å². The van der Waals surface area contributed by atoms with E-state index in [4.69, 9.17) is 9.47 Å².